The highest BCUT2D eigenvalue weighted by atomic mass is 32.1. The van der Waals surface area contributed by atoms with E-state index in [0.717, 1.165) is 37.6 Å². The summed E-state index contributed by atoms with van der Waals surface area (Å²) in [6.45, 7) is 3.96. The van der Waals surface area contributed by atoms with E-state index in [4.69, 9.17) is 17.2 Å². The number of para-hydroxylation sites is 2. The number of carbonyl (C=O) groups is 1. The number of hydrogen-bond acceptors (Lipinski definition) is 4. The van der Waals surface area contributed by atoms with Gasteiger partial charge in [0.1, 0.15) is 10.7 Å². The second kappa shape index (κ2) is 8.84. The van der Waals surface area contributed by atoms with Crippen molar-refractivity contribution in [2.75, 3.05) is 5.32 Å². The van der Waals surface area contributed by atoms with E-state index in [9.17, 15) is 4.79 Å². The van der Waals surface area contributed by atoms with E-state index in [1.807, 2.05) is 86.6 Å². The van der Waals surface area contributed by atoms with E-state index in [1.54, 1.807) is 11.3 Å². The minimum atomic E-state index is -0.388. The lowest BCUT2D eigenvalue weighted by molar-refractivity contribution is -0.110. The molecule has 1 aliphatic rings. The Morgan fingerprint density at radius 2 is 1.67 bits per heavy atom. The lowest BCUT2D eigenvalue weighted by atomic mass is 9.87. The molecule has 1 aromatic heterocycles. The van der Waals surface area contributed by atoms with Gasteiger partial charge in [-0.15, -0.1) is 11.3 Å². The number of anilines is 1. The van der Waals surface area contributed by atoms with Gasteiger partial charge in [0.05, 0.1) is 22.2 Å². The lowest BCUT2D eigenvalue weighted by Crippen LogP contribution is -2.44. The molecule has 7 heteroatoms. The van der Waals surface area contributed by atoms with Gasteiger partial charge < -0.3 is 10.6 Å². The molecular formula is C26H22N4OS2. The standard InChI is InChI=1S/C26H22N4OS2/c1-15-9-8-10-16(2)21(15)28-24(31)23-20(25-27-18-13-6-7-14-19(18)33-25)22(29-26(32)30-23)17-11-4-3-5-12-17/h3-14,20,22H,1-2H3,(H,28,31)(H,29,32)/t20-,22-/m0/s1. The number of hydrogen-bond donors (Lipinski definition) is 2. The molecule has 0 spiro atoms. The van der Waals surface area contributed by atoms with Gasteiger partial charge in [-0.05, 0) is 54.9 Å². The van der Waals surface area contributed by atoms with Crippen LogP contribution in [-0.4, -0.2) is 21.7 Å². The predicted molar refractivity (Wildman–Crippen MR) is 139 cm³/mol. The van der Waals surface area contributed by atoms with Crippen LogP contribution in [0.4, 0.5) is 5.69 Å². The molecule has 3 aromatic carbocycles. The fraction of sp³-hybridized carbons (Fsp3) is 0.154. The largest absolute Gasteiger partial charge is 0.353 e. The zero-order chi connectivity index (χ0) is 22.9. The Labute approximate surface area is 201 Å². The Hall–Kier alpha value is -3.42. The number of fused-ring (bicyclic) bond motifs is 1. The number of benzene rings is 3. The molecule has 5 nitrogen and oxygen atoms in total. The summed E-state index contributed by atoms with van der Waals surface area (Å²) in [7, 11) is 0. The van der Waals surface area contributed by atoms with Crippen molar-refractivity contribution < 1.29 is 4.79 Å². The molecule has 0 unspecified atom stereocenters. The molecule has 2 N–H and O–H groups in total. The van der Waals surface area contributed by atoms with Crippen LogP contribution < -0.4 is 10.6 Å². The van der Waals surface area contributed by atoms with Crippen molar-refractivity contribution in [3.05, 3.63) is 94.5 Å². The van der Waals surface area contributed by atoms with Crippen molar-refractivity contribution in [2.45, 2.75) is 25.8 Å². The second-order valence-electron chi connectivity index (χ2n) is 8.05. The Kier molecular flexibility index (Phi) is 5.74. The van der Waals surface area contributed by atoms with Crippen molar-refractivity contribution >= 4 is 56.2 Å². The maximum Gasteiger partial charge on any atom is 0.271 e. The molecule has 1 amide bonds. The number of aromatic nitrogens is 1. The number of carbonyl (C=O) groups excluding carboxylic acids is 1. The van der Waals surface area contributed by atoms with Crippen LogP contribution in [0, 0.1) is 13.8 Å². The van der Waals surface area contributed by atoms with Crippen LogP contribution in [0.5, 0.6) is 0 Å². The summed E-state index contributed by atoms with van der Waals surface area (Å²) in [5.41, 5.74) is 5.10. The van der Waals surface area contributed by atoms with Gasteiger partial charge in [0, 0.05) is 5.69 Å². The zero-order valence-corrected chi connectivity index (χ0v) is 19.8. The van der Waals surface area contributed by atoms with E-state index in [-0.39, 0.29) is 17.9 Å². The minimum Gasteiger partial charge on any atom is -0.353 e. The first-order chi connectivity index (χ1) is 16.0. The molecule has 2 atom stereocenters. The van der Waals surface area contributed by atoms with Gasteiger partial charge in [0.25, 0.3) is 5.91 Å². The van der Waals surface area contributed by atoms with Crippen molar-refractivity contribution in [1.29, 1.82) is 0 Å². The Balaban J connectivity index is 1.62. The number of aryl methyl sites for hydroxylation is 2. The van der Waals surface area contributed by atoms with Crippen molar-refractivity contribution in [3.8, 4) is 0 Å². The van der Waals surface area contributed by atoms with E-state index < -0.39 is 0 Å². The van der Waals surface area contributed by atoms with Gasteiger partial charge in [-0.25, -0.2) is 9.98 Å². The molecule has 4 aromatic rings. The number of thiocarbonyl (C=S) groups is 1. The van der Waals surface area contributed by atoms with Crippen LogP contribution in [0.1, 0.15) is 33.7 Å². The summed E-state index contributed by atoms with van der Waals surface area (Å²) in [5, 5.41) is 7.55. The van der Waals surface area contributed by atoms with E-state index in [1.165, 1.54) is 0 Å². The van der Waals surface area contributed by atoms with Crippen LogP contribution in [0.3, 0.4) is 0 Å². The highest BCUT2D eigenvalue weighted by Gasteiger charge is 2.39. The van der Waals surface area contributed by atoms with Crippen LogP contribution >= 0.6 is 23.6 Å². The molecule has 5 rings (SSSR count). The molecule has 164 valence electrons. The first-order valence-corrected chi connectivity index (χ1v) is 11.9. The fourth-order valence-corrected chi connectivity index (χ4v) is 5.52. The van der Waals surface area contributed by atoms with Crippen LogP contribution in [-0.2, 0) is 4.79 Å². The quantitative estimate of drug-likeness (QED) is 0.375. The fourth-order valence-electron chi connectivity index (χ4n) is 4.19. The van der Waals surface area contributed by atoms with Gasteiger partial charge in [0.15, 0.2) is 5.11 Å². The molecule has 1 aliphatic heterocycles. The Morgan fingerprint density at radius 3 is 2.39 bits per heavy atom. The van der Waals surface area contributed by atoms with Gasteiger partial charge in [0.2, 0.25) is 0 Å². The van der Waals surface area contributed by atoms with E-state index >= 15 is 0 Å². The number of amides is 1. The number of aliphatic imine (C=N–C) groups is 1. The monoisotopic (exact) mass is 470 g/mol. The molecule has 0 saturated heterocycles. The second-order valence-corrected chi connectivity index (χ2v) is 9.50. The van der Waals surface area contributed by atoms with E-state index in [0.29, 0.717) is 10.8 Å². The highest BCUT2D eigenvalue weighted by Crippen LogP contribution is 2.39. The van der Waals surface area contributed by atoms with Crippen LogP contribution in [0.2, 0.25) is 0 Å². The SMILES string of the molecule is Cc1cccc(C)c1NC(=O)C1=NC(=S)N[C@@H](c2ccccc2)[C@@H]1c1nc2ccccc2s1. The van der Waals surface area contributed by atoms with Crippen LogP contribution in [0.15, 0.2) is 77.8 Å². The predicted octanol–water partition coefficient (Wildman–Crippen LogP) is 5.71. The summed E-state index contributed by atoms with van der Waals surface area (Å²) in [4.78, 5) is 23.1. The summed E-state index contributed by atoms with van der Waals surface area (Å²) in [5.74, 6) is -0.651. The van der Waals surface area contributed by atoms with E-state index in [2.05, 4.69) is 15.6 Å². The number of thiazole rings is 1. The van der Waals surface area contributed by atoms with Crippen molar-refractivity contribution in [1.82, 2.24) is 10.3 Å². The topological polar surface area (TPSA) is 66.4 Å². The molecule has 0 aliphatic carbocycles. The Morgan fingerprint density at radius 1 is 0.970 bits per heavy atom. The summed E-state index contributed by atoms with van der Waals surface area (Å²) < 4.78 is 1.07. The first-order valence-electron chi connectivity index (χ1n) is 10.7. The number of rotatable bonds is 4. The lowest BCUT2D eigenvalue weighted by Gasteiger charge is -2.32. The summed E-state index contributed by atoms with van der Waals surface area (Å²) in [6, 6.07) is 23.7. The third-order valence-electron chi connectivity index (χ3n) is 5.82. The van der Waals surface area contributed by atoms with Gasteiger partial charge in [-0.1, -0.05) is 60.7 Å². The van der Waals surface area contributed by atoms with Crippen molar-refractivity contribution in [3.63, 3.8) is 0 Å². The third-order valence-corrected chi connectivity index (χ3v) is 7.14. The molecule has 2 heterocycles. The molecule has 0 saturated carbocycles. The number of nitrogens with zero attached hydrogens (tertiary/aromatic N) is 2. The van der Waals surface area contributed by atoms with Gasteiger partial charge in [-0.3, -0.25) is 4.79 Å². The van der Waals surface area contributed by atoms with Crippen molar-refractivity contribution in [2.24, 2.45) is 4.99 Å². The third kappa shape index (κ3) is 4.17. The molecular weight excluding hydrogens is 448 g/mol. The summed E-state index contributed by atoms with van der Waals surface area (Å²) in [6.07, 6.45) is 0. The molecule has 33 heavy (non-hydrogen) atoms. The molecule has 0 radical (unpaired) electrons. The highest BCUT2D eigenvalue weighted by molar-refractivity contribution is 7.80. The summed E-state index contributed by atoms with van der Waals surface area (Å²) >= 11 is 7.05. The molecule has 0 fully saturated rings. The molecule has 0 bridgehead atoms. The average molecular weight is 471 g/mol. The first kappa shape index (κ1) is 21.4. The smallest absolute Gasteiger partial charge is 0.271 e. The average Bonchev–Trinajstić information content (AvgIpc) is 3.25. The van der Waals surface area contributed by atoms with Gasteiger partial charge in [-0.2, -0.15) is 0 Å². The minimum absolute atomic E-state index is 0.254. The van der Waals surface area contributed by atoms with Gasteiger partial charge >= 0.3 is 0 Å². The zero-order valence-electron chi connectivity index (χ0n) is 18.2. The van der Waals surface area contributed by atoms with Crippen LogP contribution in [0.25, 0.3) is 10.2 Å². The normalized spacial score (nSPS) is 18.0. The maximum atomic E-state index is 13.6. The maximum absolute atomic E-state index is 13.6. The number of nitrogens with one attached hydrogen (secondary N) is 2. The Bertz CT molecular complexity index is 1340.